The maximum absolute atomic E-state index is 13.8. The topological polar surface area (TPSA) is 82.8 Å². The first-order valence-corrected chi connectivity index (χ1v) is 15.0. The maximum Gasteiger partial charge on any atom is 0.207 e. The van der Waals surface area contributed by atoms with Crippen molar-refractivity contribution < 1.29 is 13.2 Å². The summed E-state index contributed by atoms with van der Waals surface area (Å²) in [7, 11) is -0.174. The van der Waals surface area contributed by atoms with Crippen LogP contribution in [-0.4, -0.2) is 34.8 Å². The van der Waals surface area contributed by atoms with Crippen molar-refractivity contribution in [2.75, 3.05) is 25.6 Å². The van der Waals surface area contributed by atoms with E-state index in [0.29, 0.717) is 23.2 Å². The van der Waals surface area contributed by atoms with Crippen molar-refractivity contribution in [2.45, 2.75) is 42.9 Å². The molecule has 0 spiro atoms. The summed E-state index contributed by atoms with van der Waals surface area (Å²) in [5.41, 5.74) is 5.01. The summed E-state index contributed by atoms with van der Waals surface area (Å²) in [6, 6.07) is 26.0. The van der Waals surface area contributed by atoms with E-state index >= 15 is 0 Å². The lowest BCUT2D eigenvalue weighted by Gasteiger charge is -2.26. The third-order valence-electron chi connectivity index (χ3n) is 7.87. The minimum absolute atomic E-state index is 0.228. The molecule has 0 aromatic heterocycles. The lowest BCUT2D eigenvalue weighted by atomic mass is 9.80. The fourth-order valence-corrected chi connectivity index (χ4v) is 7.45. The van der Waals surface area contributed by atoms with Gasteiger partial charge in [0.25, 0.3) is 0 Å². The van der Waals surface area contributed by atoms with Crippen LogP contribution in [0.2, 0.25) is 0 Å². The summed E-state index contributed by atoms with van der Waals surface area (Å²) in [6.07, 6.45) is 0. The Kier molecular flexibility index (Phi) is 7.23. The van der Waals surface area contributed by atoms with E-state index in [1.54, 1.807) is 43.5 Å². The predicted octanol–water partition coefficient (Wildman–Crippen LogP) is 7.00. The van der Waals surface area contributed by atoms with E-state index in [-0.39, 0.29) is 9.79 Å². The van der Waals surface area contributed by atoms with Crippen LogP contribution in [0.5, 0.6) is 5.75 Å². The lowest BCUT2D eigenvalue weighted by Crippen LogP contribution is -2.27. The average molecular weight is 564 g/mol. The van der Waals surface area contributed by atoms with Crippen LogP contribution in [0.4, 0.5) is 5.69 Å². The van der Waals surface area contributed by atoms with Gasteiger partial charge in [-0.05, 0) is 66.8 Å². The van der Waals surface area contributed by atoms with Gasteiger partial charge in [0.15, 0.2) is 0 Å². The van der Waals surface area contributed by atoms with E-state index in [1.165, 1.54) is 0 Å². The maximum atomic E-state index is 13.8. The highest BCUT2D eigenvalue weighted by Gasteiger charge is 2.42. The number of aryl methyl sites for hydroxylation is 1. The summed E-state index contributed by atoms with van der Waals surface area (Å²) in [5, 5.41) is 12.1. The largest absolute Gasteiger partial charge is 0.497 e. The smallest absolute Gasteiger partial charge is 0.207 e. The Bertz CT molecular complexity index is 1880. The van der Waals surface area contributed by atoms with Crippen LogP contribution in [0.25, 0.3) is 10.8 Å². The van der Waals surface area contributed by atoms with E-state index in [2.05, 4.69) is 24.8 Å². The van der Waals surface area contributed by atoms with Gasteiger partial charge in [-0.3, -0.25) is 4.99 Å². The molecule has 4 aromatic carbocycles. The van der Waals surface area contributed by atoms with Gasteiger partial charge >= 0.3 is 0 Å². The van der Waals surface area contributed by atoms with Crippen LogP contribution in [0.1, 0.15) is 37.5 Å². The van der Waals surface area contributed by atoms with Gasteiger partial charge in [0.2, 0.25) is 9.84 Å². The van der Waals surface area contributed by atoms with Crippen LogP contribution < -0.4 is 9.64 Å². The summed E-state index contributed by atoms with van der Waals surface area (Å²) < 4.78 is 33.0. The van der Waals surface area contributed by atoms with Gasteiger partial charge in [-0.2, -0.15) is 5.26 Å². The molecule has 7 heteroatoms. The highest BCUT2D eigenvalue weighted by atomic mass is 32.2. The molecule has 1 aliphatic rings. The molecular formula is C34H33N3O3S. The number of rotatable bonds is 6. The number of likely N-dealkylation sites (N-methyl/N-ethyl adjacent to an activating group) is 1. The van der Waals surface area contributed by atoms with Crippen molar-refractivity contribution in [2.24, 2.45) is 4.99 Å². The number of hydrogen-bond acceptors (Lipinski definition) is 6. The van der Waals surface area contributed by atoms with Gasteiger partial charge in [0.1, 0.15) is 11.8 Å². The van der Waals surface area contributed by atoms with Crippen molar-refractivity contribution in [3.05, 3.63) is 107 Å². The molecule has 0 bridgehead atoms. The second-order valence-electron chi connectivity index (χ2n) is 10.7. The van der Waals surface area contributed by atoms with Crippen LogP contribution in [-0.2, 0) is 15.3 Å². The highest BCUT2D eigenvalue weighted by molar-refractivity contribution is 7.91. The number of nitriles is 1. The van der Waals surface area contributed by atoms with Crippen LogP contribution in [0, 0.1) is 18.3 Å². The van der Waals surface area contributed by atoms with Gasteiger partial charge in [-0.15, -0.1) is 0 Å². The zero-order valence-corrected chi connectivity index (χ0v) is 25.0. The quantitative estimate of drug-likeness (QED) is 0.186. The minimum Gasteiger partial charge on any atom is -0.497 e. The number of benzene rings is 4. The first kappa shape index (κ1) is 28.1. The van der Waals surface area contributed by atoms with E-state index in [1.807, 2.05) is 63.4 Å². The van der Waals surface area contributed by atoms with Crippen LogP contribution in [0.15, 0.2) is 105 Å². The molecule has 5 rings (SSSR count). The molecule has 0 saturated heterocycles. The van der Waals surface area contributed by atoms with Crippen molar-refractivity contribution in [1.82, 2.24) is 0 Å². The number of allylic oxidation sites excluding steroid dienone is 2. The number of methoxy groups -OCH3 is 1. The zero-order valence-electron chi connectivity index (χ0n) is 24.2. The normalized spacial score (nSPS) is 15.9. The Morgan fingerprint density at radius 1 is 1.02 bits per heavy atom. The number of anilines is 1. The second kappa shape index (κ2) is 10.5. The Morgan fingerprint density at radius 2 is 1.76 bits per heavy atom. The Balaban J connectivity index is 1.79. The average Bonchev–Trinajstić information content (AvgIpc) is 3.17. The third kappa shape index (κ3) is 4.49. The molecule has 0 saturated carbocycles. The number of fused-ring (bicyclic) bond motifs is 2. The number of hydrogen-bond donors (Lipinski definition) is 0. The molecule has 0 atom stereocenters. The van der Waals surface area contributed by atoms with Crippen molar-refractivity contribution in [3.63, 3.8) is 0 Å². The first-order chi connectivity index (χ1) is 19.6. The molecule has 0 N–H and O–H groups in total. The Morgan fingerprint density at radius 3 is 2.41 bits per heavy atom. The Labute approximate surface area is 242 Å². The van der Waals surface area contributed by atoms with Gasteiger partial charge < -0.3 is 9.64 Å². The standard InChI is InChI=1S/C34H33N3O3S/c1-7-36-32(27(21-35)33-34(3,4)28-20-23(40-6)17-18-29(28)37(33)5)26-15-11-14-25-30(19-16-22(2)31(25)26)41(38,39)24-12-9-8-10-13-24/h8-20H,7H2,1-6H3/b33-27-,36-32?. The molecule has 0 fully saturated rings. The fraction of sp³-hybridized carbons (Fsp3) is 0.235. The van der Waals surface area contributed by atoms with Gasteiger partial charge in [-0.25, -0.2) is 8.42 Å². The predicted molar refractivity (Wildman–Crippen MR) is 165 cm³/mol. The van der Waals surface area contributed by atoms with Gasteiger partial charge in [0.05, 0.1) is 28.2 Å². The van der Waals surface area contributed by atoms with Crippen molar-refractivity contribution in [1.29, 1.82) is 5.26 Å². The summed E-state index contributed by atoms with van der Waals surface area (Å²) in [5.74, 6) is 0.754. The molecule has 6 nitrogen and oxygen atoms in total. The molecule has 0 unspecified atom stereocenters. The minimum atomic E-state index is -3.79. The number of ether oxygens (including phenoxy) is 1. The van der Waals surface area contributed by atoms with Crippen LogP contribution >= 0.6 is 0 Å². The van der Waals surface area contributed by atoms with Crippen molar-refractivity contribution >= 4 is 32.0 Å². The third-order valence-corrected chi connectivity index (χ3v) is 9.70. The lowest BCUT2D eigenvalue weighted by molar-refractivity contribution is 0.413. The molecule has 208 valence electrons. The molecule has 4 aromatic rings. The first-order valence-electron chi connectivity index (χ1n) is 13.5. The van der Waals surface area contributed by atoms with E-state index in [9.17, 15) is 13.7 Å². The molecule has 0 amide bonds. The highest BCUT2D eigenvalue weighted by Crippen LogP contribution is 2.49. The molecule has 1 heterocycles. The summed E-state index contributed by atoms with van der Waals surface area (Å²) >= 11 is 0. The van der Waals surface area contributed by atoms with E-state index in [4.69, 9.17) is 9.73 Å². The second-order valence-corrected chi connectivity index (χ2v) is 12.6. The van der Waals surface area contributed by atoms with E-state index in [0.717, 1.165) is 39.2 Å². The fourth-order valence-electron chi connectivity index (χ4n) is 5.97. The van der Waals surface area contributed by atoms with Gasteiger partial charge in [0, 0.05) is 41.3 Å². The van der Waals surface area contributed by atoms with Crippen molar-refractivity contribution in [3.8, 4) is 11.8 Å². The molecule has 1 aliphatic heterocycles. The molecule has 41 heavy (non-hydrogen) atoms. The van der Waals surface area contributed by atoms with Gasteiger partial charge in [-0.1, -0.05) is 56.3 Å². The summed E-state index contributed by atoms with van der Waals surface area (Å²) in [6.45, 7) is 8.55. The van der Waals surface area contributed by atoms with E-state index < -0.39 is 15.3 Å². The SMILES string of the molecule is CCN=C(/C(C#N)=C1\N(C)c2ccc(OC)cc2C1(C)C)c1cccc2c(S(=O)(=O)c3ccccc3)ccc(C)c12. The number of aliphatic imine (C=N–C) groups is 1. The molecule has 0 radical (unpaired) electrons. The zero-order chi connectivity index (χ0) is 29.5. The molecule has 0 aliphatic carbocycles. The number of sulfone groups is 1. The van der Waals surface area contributed by atoms with Crippen LogP contribution in [0.3, 0.4) is 0 Å². The molecular weight excluding hydrogens is 530 g/mol. The Hall–Kier alpha value is -4.41. The summed E-state index contributed by atoms with van der Waals surface area (Å²) in [4.78, 5) is 7.40. The number of nitrogens with zero attached hydrogens (tertiary/aromatic N) is 3. The monoisotopic (exact) mass is 563 g/mol.